The molecule has 0 aliphatic carbocycles. The molecule has 6 heteroatoms. The molecule has 1 fully saturated rings. The van der Waals surface area contributed by atoms with Crippen molar-refractivity contribution in [3.8, 4) is 0 Å². The van der Waals surface area contributed by atoms with Gasteiger partial charge >= 0.3 is 0 Å². The first-order valence-corrected chi connectivity index (χ1v) is 5.05. The minimum absolute atomic E-state index is 0.0511. The summed E-state index contributed by atoms with van der Waals surface area (Å²) in [4.78, 5) is 9.32. The topological polar surface area (TPSA) is 29.0 Å². The van der Waals surface area contributed by atoms with Crippen molar-refractivity contribution in [2.45, 2.75) is 18.8 Å². The van der Waals surface area contributed by atoms with Gasteiger partial charge in [-0.25, -0.2) is 18.7 Å². The van der Waals surface area contributed by atoms with Crippen LogP contribution in [-0.2, 0) is 0 Å². The van der Waals surface area contributed by atoms with Gasteiger partial charge in [0.2, 0.25) is 0 Å². The van der Waals surface area contributed by atoms with E-state index in [2.05, 4.69) is 9.97 Å². The Morgan fingerprint density at radius 3 is 2.73 bits per heavy atom. The van der Waals surface area contributed by atoms with Gasteiger partial charge < -0.3 is 4.90 Å². The highest BCUT2D eigenvalue weighted by Gasteiger charge is 2.35. The van der Waals surface area contributed by atoms with Gasteiger partial charge in [0.15, 0.2) is 0 Å². The maximum atomic E-state index is 13.1. The van der Waals surface area contributed by atoms with Crippen LogP contribution >= 0.6 is 11.6 Å². The fourth-order valence-electron chi connectivity index (χ4n) is 1.63. The van der Waals surface area contributed by atoms with Gasteiger partial charge in [-0.2, -0.15) is 0 Å². The number of alkyl halides is 2. The lowest BCUT2D eigenvalue weighted by atomic mass is 10.1. The third-order valence-electron chi connectivity index (χ3n) is 2.32. The average Bonchev–Trinajstić information content (AvgIpc) is 2.17. The minimum Gasteiger partial charge on any atom is -0.349 e. The van der Waals surface area contributed by atoms with E-state index in [1.807, 2.05) is 0 Å². The van der Waals surface area contributed by atoms with E-state index in [4.69, 9.17) is 11.6 Å². The summed E-state index contributed by atoms with van der Waals surface area (Å²) in [6.07, 6.45) is 3.20. The summed E-state index contributed by atoms with van der Waals surface area (Å²) in [5.74, 6) is -2.17. The summed E-state index contributed by atoms with van der Waals surface area (Å²) >= 11 is 5.57. The molecule has 15 heavy (non-hydrogen) atoms. The molecule has 1 saturated heterocycles. The normalized spacial score (nSPS) is 20.3. The molecule has 3 nitrogen and oxygen atoms in total. The van der Waals surface area contributed by atoms with E-state index in [0.717, 1.165) is 0 Å². The highest BCUT2D eigenvalue weighted by molar-refractivity contribution is 6.29. The molecular formula is C9H10ClF2N3. The molecule has 1 aliphatic rings. The second-order valence-electron chi connectivity index (χ2n) is 3.58. The first-order chi connectivity index (χ1) is 7.07. The molecule has 0 aromatic carbocycles. The van der Waals surface area contributed by atoms with Crippen LogP contribution in [0.2, 0.25) is 5.15 Å². The van der Waals surface area contributed by atoms with E-state index < -0.39 is 5.92 Å². The largest absolute Gasteiger partial charge is 0.349 e. The SMILES string of the molecule is FC1(F)CCCN(c2cnc(Cl)cn2)C1. The molecule has 1 aliphatic heterocycles. The third kappa shape index (κ3) is 2.53. The highest BCUT2D eigenvalue weighted by atomic mass is 35.5. The summed E-state index contributed by atoms with van der Waals surface area (Å²) < 4.78 is 26.2. The number of nitrogens with zero attached hydrogens (tertiary/aromatic N) is 3. The molecule has 82 valence electrons. The Hall–Kier alpha value is -0.970. The van der Waals surface area contributed by atoms with Crippen molar-refractivity contribution in [3.63, 3.8) is 0 Å². The van der Waals surface area contributed by atoms with E-state index in [1.54, 1.807) is 0 Å². The van der Waals surface area contributed by atoms with Gasteiger partial charge in [0.05, 0.1) is 18.9 Å². The Bertz CT molecular complexity index is 342. The van der Waals surface area contributed by atoms with Crippen LogP contribution < -0.4 is 4.90 Å². The third-order valence-corrected chi connectivity index (χ3v) is 2.52. The molecule has 0 N–H and O–H groups in total. The van der Waals surface area contributed by atoms with Crippen LogP contribution in [0.25, 0.3) is 0 Å². The first-order valence-electron chi connectivity index (χ1n) is 4.67. The summed E-state index contributed by atoms with van der Waals surface area (Å²) in [5.41, 5.74) is 0. The van der Waals surface area contributed by atoms with E-state index >= 15 is 0 Å². The van der Waals surface area contributed by atoms with Crippen LogP contribution in [0.1, 0.15) is 12.8 Å². The highest BCUT2D eigenvalue weighted by Crippen LogP contribution is 2.28. The Labute approximate surface area is 91.1 Å². The van der Waals surface area contributed by atoms with Gasteiger partial charge in [-0.05, 0) is 6.42 Å². The van der Waals surface area contributed by atoms with Crippen molar-refractivity contribution in [2.24, 2.45) is 0 Å². The lowest BCUT2D eigenvalue weighted by Crippen LogP contribution is -2.43. The minimum atomic E-state index is -2.63. The molecule has 2 rings (SSSR count). The number of hydrogen-bond acceptors (Lipinski definition) is 3. The molecule has 0 unspecified atom stereocenters. The monoisotopic (exact) mass is 233 g/mol. The Balaban J connectivity index is 2.13. The van der Waals surface area contributed by atoms with Crippen LogP contribution in [0.5, 0.6) is 0 Å². The van der Waals surface area contributed by atoms with E-state index in [9.17, 15) is 8.78 Å². The predicted octanol–water partition coefficient (Wildman–Crippen LogP) is 2.37. The van der Waals surface area contributed by atoms with Crippen molar-refractivity contribution < 1.29 is 8.78 Å². The molecule has 0 radical (unpaired) electrons. The van der Waals surface area contributed by atoms with Gasteiger partial charge in [-0.15, -0.1) is 0 Å². The maximum absolute atomic E-state index is 13.1. The van der Waals surface area contributed by atoms with Crippen LogP contribution in [0.15, 0.2) is 12.4 Å². The number of halogens is 3. The number of anilines is 1. The van der Waals surface area contributed by atoms with Crippen molar-refractivity contribution in [1.82, 2.24) is 9.97 Å². The fourth-order valence-corrected chi connectivity index (χ4v) is 1.73. The standard InChI is InChI=1S/C9H10ClF2N3/c10-7-4-14-8(5-13-7)15-3-1-2-9(11,12)6-15/h4-5H,1-3,6H2. The lowest BCUT2D eigenvalue weighted by Gasteiger charge is -2.32. The van der Waals surface area contributed by atoms with Crippen molar-refractivity contribution >= 4 is 17.4 Å². The molecule has 0 saturated carbocycles. The first kappa shape index (κ1) is 10.5. The second kappa shape index (κ2) is 3.89. The molecule has 0 spiro atoms. The molecule has 2 heterocycles. The van der Waals surface area contributed by atoms with Gasteiger partial charge in [-0.3, -0.25) is 0 Å². The Morgan fingerprint density at radius 1 is 1.33 bits per heavy atom. The smallest absolute Gasteiger partial charge is 0.265 e. The molecular weight excluding hydrogens is 224 g/mol. The quantitative estimate of drug-likeness (QED) is 0.746. The predicted molar refractivity (Wildman–Crippen MR) is 53.4 cm³/mol. The van der Waals surface area contributed by atoms with Gasteiger partial charge in [0, 0.05) is 13.0 Å². The zero-order valence-electron chi connectivity index (χ0n) is 7.96. The molecule has 0 bridgehead atoms. The molecule has 1 aromatic heterocycles. The molecule has 1 aromatic rings. The van der Waals surface area contributed by atoms with Crippen LogP contribution in [0.3, 0.4) is 0 Å². The van der Waals surface area contributed by atoms with Gasteiger partial charge in [-0.1, -0.05) is 11.6 Å². The molecule has 0 amide bonds. The number of aromatic nitrogens is 2. The fraction of sp³-hybridized carbons (Fsp3) is 0.556. The average molecular weight is 234 g/mol. The Morgan fingerprint density at radius 2 is 2.13 bits per heavy atom. The Kier molecular flexibility index (Phi) is 2.73. The van der Waals surface area contributed by atoms with Crippen LogP contribution in [0, 0.1) is 0 Å². The zero-order valence-corrected chi connectivity index (χ0v) is 8.71. The molecule has 0 atom stereocenters. The second-order valence-corrected chi connectivity index (χ2v) is 3.97. The van der Waals surface area contributed by atoms with Crippen molar-refractivity contribution in [1.29, 1.82) is 0 Å². The van der Waals surface area contributed by atoms with E-state index in [0.29, 0.717) is 18.8 Å². The van der Waals surface area contributed by atoms with Crippen LogP contribution in [0.4, 0.5) is 14.6 Å². The van der Waals surface area contributed by atoms with Crippen LogP contribution in [-0.4, -0.2) is 29.0 Å². The summed E-state index contributed by atoms with van der Waals surface area (Å²) in [5, 5.41) is 0.266. The number of hydrogen-bond donors (Lipinski definition) is 0. The zero-order chi connectivity index (χ0) is 10.9. The van der Waals surface area contributed by atoms with Crippen molar-refractivity contribution in [3.05, 3.63) is 17.5 Å². The van der Waals surface area contributed by atoms with E-state index in [1.165, 1.54) is 17.3 Å². The summed E-state index contributed by atoms with van der Waals surface area (Å²) in [6, 6.07) is 0. The van der Waals surface area contributed by atoms with Gasteiger partial charge in [0.25, 0.3) is 5.92 Å². The number of rotatable bonds is 1. The lowest BCUT2D eigenvalue weighted by molar-refractivity contribution is -0.0118. The maximum Gasteiger partial charge on any atom is 0.265 e. The van der Waals surface area contributed by atoms with Gasteiger partial charge in [0.1, 0.15) is 11.0 Å². The van der Waals surface area contributed by atoms with E-state index in [-0.39, 0.29) is 18.1 Å². The summed E-state index contributed by atoms with van der Waals surface area (Å²) in [6.45, 7) is 0.301. The number of piperidine rings is 1. The van der Waals surface area contributed by atoms with Crippen molar-refractivity contribution in [2.75, 3.05) is 18.0 Å². The summed E-state index contributed by atoms with van der Waals surface area (Å²) in [7, 11) is 0.